The van der Waals surface area contributed by atoms with Crippen LogP contribution in [0.25, 0.3) is 0 Å². The zero-order valence-electron chi connectivity index (χ0n) is 24.1. The van der Waals surface area contributed by atoms with Crippen LogP contribution in [0.2, 0.25) is 0 Å². The predicted molar refractivity (Wildman–Crippen MR) is 155 cm³/mol. The Kier molecular flexibility index (Phi) is 17.1. The molecule has 6 N–H and O–H groups in total. The Morgan fingerprint density at radius 3 is 1.69 bits per heavy atom. The van der Waals surface area contributed by atoms with E-state index in [0.29, 0.717) is 6.61 Å². The molecule has 1 heterocycles. The summed E-state index contributed by atoms with van der Waals surface area (Å²) in [6, 6.07) is 17.2. The van der Waals surface area contributed by atoms with Crippen LogP contribution in [0.3, 0.4) is 0 Å². The molecule has 0 radical (unpaired) electrons. The number of carboxylic acids is 4. The predicted octanol–water partition coefficient (Wildman–Crippen LogP) is 3.17. The van der Waals surface area contributed by atoms with Gasteiger partial charge in [0.25, 0.3) is 0 Å². The summed E-state index contributed by atoms with van der Waals surface area (Å²) in [5.41, 5.74) is 3.91. The smallest absolute Gasteiger partial charge is 0.414 e. The van der Waals surface area contributed by atoms with Gasteiger partial charge in [-0.2, -0.15) is 0 Å². The number of carbonyl (C=O) groups is 4. The summed E-state index contributed by atoms with van der Waals surface area (Å²) in [6.45, 7) is 8.87. The highest BCUT2D eigenvalue weighted by molar-refractivity contribution is 6.27. The first kappa shape index (κ1) is 36.0. The van der Waals surface area contributed by atoms with Gasteiger partial charge in [0, 0.05) is 19.4 Å². The van der Waals surface area contributed by atoms with Gasteiger partial charge < -0.3 is 40.5 Å². The van der Waals surface area contributed by atoms with Crippen LogP contribution in [0.15, 0.2) is 48.5 Å². The lowest BCUT2D eigenvalue weighted by molar-refractivity contribution is -0.180. The molecule has 0 saturated carbocycles. The van der Waals surface area contributed by atoms with Crippen LogP contribution in [0.5, 0.6) is 5.75 Å². The Bertz CT molecular complexity index is 1070. The van der Waals surface area contributed by atoms with Crippen molar-refractivity contribution in [2.45, 2.75) is 64.8 Å². The van der Waals surface area contributed by atoms with Crippen LogP contribution in [-0.2, 0) is 43.4 Å². The lowest BCUT2D eigenvalue weighted by Crippen LogP contribution is -2.35. The Balaban J connectivity index is 0.000000618. The van der Waals surface area contributed by atoms with E-state index in [1.54, 1.807) is 0 Å². The molecule has 0 aromatic heterocycles. The summed E-state index contributed by atoms with van der Waals surface area (Å²) in [5, 5.41) is 36.7. The Labute approximate surface area is 245 Å². The second kappa shape index (κ2) is 20.0. The van der Waals surface area contributed by atoms with Gasteiger partial charge in [-0.3, -0.25) is 0 Å². The number of carboxylic acid groups (broad SMARTS) is 4. The molecule has 0 bridgehead atoms. The molecule has 2 aromatic carbocycles. The summed E-state index contributed by atoms with van der Waals surface area (Å²) < 4.78 is 11.6. The first-order valence-electron chi connectivity index (χ1n) is 13.7. The fourth-order valence-electron chi connectivity index (χ4n) is 3.76. The molecule has 12 heteroatoms. The first-order valence-corrected chi connectivity index (χ1v) is 13.7. The highest BCUT2D eigenvalue weighted by atomic mass is 16.7. The average molecular weight is 591 g/mol. The highest BCUT2D eigenvalue weighted by Crippen LogP contribution is 2.31. The van der Waals surface area contributed by atoms with Gasteiger partial charge in [-0.05, 0) is 75.1 Å². The molecular formula is C30H42N2O10. The minimum Gasteiger partial charge on any atom is -0.473 e. The van der Waals surface area contributed by atoms with Crippen LogP contribution >= 0.6 is 0 Å². The lowest BCUT2D eigenvalue weighted by Gasteiger charge is -2.32. The van der Waals surface area contributed by atoms with Crippen molar-refractivity contribution in [3.63, 3.8) is 0 Å². The fraction of sp³-hybridized carbons (Fsp3) is 0.467. The van der Waals surface area contributed by atoms with Gasteiger partial charge >= 0.3 is 23.9 Å². The van der Waals surface area contributed by atoms with E-state index in [2.05, 4.69) is 59.2 Å². The molecule has 0 unspecified atom stereocenters. The van der Waals surface area contributed by atoms with E-state index in [9.17, 15) is 0 Å². The van der Waals surface area contributed by atoms with E-state index in [1.807, 2.05) is 13.8 Å². The van der Waals surface area contributed by atoms with Gasteiger partial charge in [-0.1, -0.05) is 49.2 Å². The SMILES string of the molecule is CC1(C)OCc2cc(CCNCCCCCCNCCc3ccccc3)ccc2O1.O=C(O)C(=O)O.O=C(O)C(=O)O. The summed E-state index contributed by atoms with van der Waals surface area (Å²) in [5.74, 6) is -6.86. The van der Waals surface area contributed by atoms with Crippen molar-refractivity contribution >= 4 is 23.9 Å². The Morgan fingerprint density at radius 1 is 0.690 bits per heavy atom. The summed E-state index contributed by atoms with van der Waals surface area (Å²) >= 11 is 0. The second-order valence-corrected chi connectivity index (χ2v) is 9.85. The molecule has 12 nitrogen and oxygen atoms in total. The number of rotatable bonds is 13. The van der Waals surface area contributed by atoms with Crippen molar-refractivity contribution < 1.29 is 49.1 Å². The van der Waals surface area contributed by atoms with Crippen molar-refractivity contribution in [3.8, 4) is 5.75 Å². The van der Waals surface area contributed by atoms with Gasteiger partial charge in [0.15, 0.2) is 0 Å². The zero-order chi connectivity index (χ0) is 31.4. The van der Waals surface area contributed by atoms with E-state index in [0.717, 1.165) is 50.3 Å². The topological polar surface area (TPSA) is 192 Å². The Hall–Kier alpha value is -4.00. The first-order chi connectivity index (χ1) is 19.9. The summed E-state index contributed by atoms with van der Waals surface area (Å²) in [6.07, 6.45) is 7.29. The standard InChI is InChI=1S/C26H38N2O2.2C2H2O4/c1-26(2)29-21-24-20-23(12-13-25(24)30-26)15-19-28-17-9-4-3-8-16-27-18-14-22-10-6-5-7-11-22;2*3-1(4)2(5)6/h5-7,10-13,20,27-28H,3-4,8-9,14-19,21H2,1-2H3;2*(H,3,4)(H,5,6). The number of fused-ring (bicyclic) bond motifs is 1. The quantitative estimate of drug-likeness (QED) is 0.148. The molecule has 0 fully saturated rings. The minimum atomic E-state index is -1.82. The van der Waals surface area contributed by atoms with Gasteiger partial charge in [-0.25, -0.2) is 19.2 Å². The van der Waals surface area contributed by atoms with Gasteiger partial charge in [0.05, 0.1) is 6.61 Å². The zero-order valence-corrected chi connectivity index (χ0v) is 24.1. The fourth-order valence-corrected chi connectivity index (χ4v) is 3.76. The molecule has 1 aliphatic rings. The number of ether oxygens (including phenoxy) is 2. The maximum atomic E-state index is 9.10. The van der Waals surface area contributed by atoms with Crippen molar-refractivity contribution in [2.24, 2.45) is 0 Å². The van der Waals surface area contributed by atoms with Gasteiger partial charge in [-0.15, -0.1) is 0 Å². The third-order valence-electron chi connectivity index (χ3n) is 5.90. The van der Waals surface area contributed by atoms with Crippen LogP contribution in [-0.4, -0.2) is 76.3 Å². The molecular weight excluding hydrogens is 548 g/mol. The molecule has 1 aliphatic heterocycles. The Morgan fingerprint density at radius 2 is 1.19 bits per heavy atom. The van der Waals surface area contributed by atoms with Gasteiger partial charge in [0.1, 0.15) is 5.75 Å². The van der Waals surface area contributed by atoms with Crippen molar-refractivity contribution in [2.75, 3.05) is 26.2 Å². The number of aliphatic carboxylic acids is 4. The third kappa shape index (κ3) is 17.0. The second-order valence-electron chi connectivity index (χ2n) is 9.85. The highest BCUT2D eigenvalue weighted by Gasteiger charge is 2.27. The van der Waals surface area contributed by atoms with Gasteiger partial charge in [0.2, 0.25) is 5.79 Å². The number of hydrogen-bond acceptors (Lipinski definition) is 8. The van der Waals surface area contributed by atoms with Crippen LogP contribution < -0.4 is 15.4 Å². The van der Waals surface area contributed by atoms with E-state index in [-0.39, 0.29) is 0 Å². The molecule has 0 amide bonds. The minimum absolute atomic E-state index is 0.520. The lowest BCUT2D eigenvalue weighted by atomic mass is 10.1. The maximum absolute atomic E-state index is 9.10. The molecule has 232 valence electrons. The number of hydrogen-bond donors (Lipinski definition) is 6. The molecule has 42 heavy (non-hydrogen) atoms. The molecule has 0 saturated heterocycles. The number of benzene rings is 2. The normalized spacial score (nSPS) is 12.7. The molecule has 2 aromatic rings. The average Bonchev–Trinajstić information content (AvgIpc) is 2.94. The van der Waals surface area contributed by atoms with Crippen molar-refractivity contribution in [1.82, 2.24) is 10.6 Å². The van der Waals surface area contributed by atoms with Crippen LogP contribution in [0, 0.1) is 0 Å². The van der Waals surface area contributed by atoms with Crippen LogP contribution in [0.1, 0.15) is 56.2 Å². The maximum Gasteiger partial charge on any atom is 0.414 e. The molecule has 3 rings (SSSR count). The molecule has 0 aliphatic carbocycles. The van der Waals surface area contributed by atoms with E-state index >= 15 is 0 Å². The van der Waals surface area contributed by atoms with E-state index in [4.69, 9.17) is 49.1 Å². The summed E-state index contributed by atoms with van der Waals surface area (Å²) in [4.78, 5) is 36.4. The molecule has 0 spiro atoms. The molecule has 0 atom stereocenters. The van der Waals surface area contributed by atoms with E-state index in [1.165, 1.54) is 36.8 Å². The monoisotopic (exact) mass is 590 g/mol. The summed E-state index contributed by atoms with van der Waals surface area (Å²) in [7, 11) is 0. The van der Waals surface area contributed by atoms with Crippen molar-refractivity contribution in [1.29, 1.82) is 0 Å². The third-order valence-corrected chi connectivity index (χ3v) is 5.90. The largest absolute Gasteiger partial charge is 0.473 e. The van der Waals surface area contributed by atoms with Crippen molar-refractivity contribution in [3.05, 3.63) is 65.2 Å². The van der Waals surface area contributed by atoms with E-state index < -0.39 is 29.7 Å². The number of unbranched alkanes of at least 4 members (excludes halogenated alkanes) is 3. The van der Waals surface area contributed by atoms with Crippen LogP contribution in [0.4, 0.5) is 0 Å². The number of nitrogens with one attached hydrogen (secondary N) is 2.